The first-order chi connectivity index (χ1) is 14.3. The lowest BCUT2D eigenvalue weighted by Crippen LogP contribution is -2.28. The predicted molar refractivity (Wildman–Crippen MR) is 108 cm³/mol. The molecule has 0 aliphatic carbocycles. The molecule has 0 spiro atoms. The number of anilines is 2. The number of nitrogens with one attached hydrogen (secondary N) is 2. The quantitative estimate of drug-likeness (QED) is 0.393. The number of carbonyl (C=O) groups is 1. The molecule has 1 unspecified atom stereocenters. The smallest absolute Gasteiger partial charge is 0.251 e. The second-order valence-corrected chi connectivity index (χ2v) is 7.24. The van der Waals surface area contributed by atoms with Crippen LogP contribution in [0, 0.1) is 17.6 Å². The van der Waals surface area contributed by atoms with E-state index in [-0.39, 0.29) is 23.6 Å². The van der Waals surface area contributed by atoms with Gasteiger partial charge in [-0.3, -0.25) is 15.0 Å². The molecular weight excluding hydrogens is 394 g/mol. The number of amides is 1. The first kappa shape index (κ1) is 21.4. The van der Waals surface area contributed by atoms with Crippen LogP contribution in [0.1, 0.15) is 31.7 Å². The Morgan fingerprint density at radius 1 is 1.20 bits per heavy atom. The average Bonchev–Trinajstić information content (AvgIpc) is 2.71. The Bertz CT molecular complexity index is 1050. The van der Waals surface area contributed by atoms with E-state index < -0.39 is 23.5 Å². The van der Waals surface area contributed by atoms with Crippen LogP contribution in [-0.4, -0.2) is 28.2 Å². The Labute approximate surface area is 172 Å². The summed E-state index contributed by atoms with van der Waals surface area (Å²) in [4.78, 5) is 20.4. The highest BCUT2D eigenvalue weighted by Crippen LogP contribution is 2.33. The molecule has 1 aromatic carbocycles. The van der Waals surface area contributed by atoms with Gasteiger partial charge in [0.1, 0.15) is 11.6 Å². The minimum Gasteiger partial charge on any atom is -0.481 e. The van der Waals surface area contributed by atoms with Crippen molar-refractivity contribution in [3.05, 3.63) is 53.9 Å². The van der Waals surface area contributed by atoms with Crippen molar-refractivity contribution >= 4 is 28.2 Å². The third-order valence-electron chi connectivity index (χ3n) is 4.65. The number of benzene rings is 1. The molecule has 0 saturated heterocycles. The minimum absolute atomic E-state index is 0.0171. The Hall–Kier alpha value is -3.33. The lowest BCUT2D eigenvalue weighted by Gasteiger charge is -2.19. The van der Waals surface area contributed by atoms with Crippen molar-refractivity contribution in [2.24, 2.45) is 5.92 Å². The fourth-order valence-corrected chi connectivity index (χ4v) is 3.29. The third-order valence-corrected chi connectivity index (χ3v) is 4.65. The van der Waals surface area contributed by atoms with Crippen LogP contribution in [-0.2, 0) is 4.79 Å². The third kappa shape index (κ3) is 4.46. The molecule has 3 rings (SSSR count). The lowest BCUT2D eigenvalue weighted by molar-refractivity contribution is -0.131. The van der Waals surface area contributed by atoms with Gasteiger partial charge in [0.15, 0.2) is 0 Å². The maximum atomic E-state index is 14.8. The summed E-state index contributed by atoms with van der Waals surface area (Å²) >= 11 is 0. The fraction of sp³-hybridized carbons (Fsp3) is 0.286. The van der Waals surface area contributed by atoms with E-state index in [1.54, 1.807) is 24.5 Å². The molecule has 1 atom stereocenters. The molecule has 0 fully saturated rings. The molecule has 0 radical (unpaired) electrons. The summed E-state index contributed by atoms with van der Waals surface area (Å²) in [6.45, 7) is 3.64. The van der Waals surface area contributed by atoms with Gasteiger partial charge in [0.25, 0.3) is 5.91 Å². The Morgan fingerprint density at radius 2 is 1.90 bits per heavy atom. The highest BCUT2D eigenvalue weighted by molar-refractivity contribution is 5.92. The number of fused-ring (bicyclic) bond motifs is 1. The monoisotopic (exact) mass is 416 g/mol. The van der Waals surface area contributed by atoms with E-state index in [1.165, 1.54) is 12.6 Å². The minimum atomic E-state index is -1.15. The SMILES string of the molecule is COc1cc2nccc(Nc3cc(F)c(C(CC(C)C)C(=O)NO)c(F)c3)c2cn1. The van der Waals surface area contributed by atoms with E-state index in [1.807, 2.05) is 13.8 Å². The van der Waals surface area contributed by atoms with Crippen molar-refractivity contribution in [3.63, 3.8) is 0 Å². The maximum absolute atomic E-state index is 14.8. The zero-order chi connectivity index (χ0) is 21.8. The summed E-state index contributed by atoms with van der Waals surface area (Å²) in [6.07, 6.45) is 3.28. The number of rotatable bonds is 7. The van der Waals surface area contributed by atoms with Crippen molar-refractivity contribution in [1.29, 1.82) is 0 Å². The molecular formula is C21H22F2N4O3. The topological polar surface area (TPSA) is 96.4 Å². The number of ether oxygens (including phenoxy) is 1. The largest absolute Gasteiger partial charge is 0.481 e. The van der Waals surface area contributed by atoms with Gasteiger partial charge in [-0.2, -0.15) is 0 Å². The van der Waals surface area contributed by atoms with Crippen LogP contribution in [0.3, 0.4) is 0 Å². The summed E-state index contributed by atoms with van der Waals surface area (Å²) < 4.78 is 34.8. The van der Waals surface area contributed by atoms with Gasteiger partial charge in [0.05, 0.1) is 24.2 Å². The molecule has 2 aromatic heterocycles. The Morgan fingerprint density at radius 3 is 2.50 bits per heavy atom. The Balaban J connectivity index is 1.98. The zero-order valence-corrected chi connectivity index (χ0v) is 16.7. The highest BCUT2D eigenvalue weighted by Gasteiger charge is 2.28. The number of halogens is 2. The second-order valence-electron chi connectivity index (χ2n) is 7.24. The van der Waals surface area contributed by atoms with Gasteiger partial charge < -0.3 is 10.1 Å². The number of carbonyl (C=O) groups excluding carboxylic acids is 1. The van der Waals surface area contributed by atoms with Gasteiger partial charge in [-0.1, -0.05) is 13.8 Å². The van der Waals surface area contributed by atoms with Crippen LogP contribution in [0.15, 0.2) is 36.7 Å². The van der Waals surface area contributed by atoms with E-state index in [4.69, 9.17) is 9.94 Å². The van der Waals surface area contributed by atoms with E-state index in [2.05, 4.69) is 15.3 Å². The number of aromatic nitrogens is 2. The average molecular weight is 416 g/mol. The van der Waals surface area contributed by atoms with Gasteiger partial charge in [0, 0.05) is 35.1 Å². The first-order valence-corrected chi connectivity index (χ1v) is 9.32. The molecule has 2 heterocycles. The number of hydrogen-bond donors (Lipinski definition) is 3. The van der Waals surface area contributed by atoms with Crippen molar-refractivity contribution in [2.75, 3.05) is 12.4 Å². The van der Waals surface area contributed by atoms with Crippen molar-refractivity contribution in [2.45, 2.75) is 26.2 Å². The number of hydroxylamine groups is 1. The molecule has 9 heteroatoms. The summed E-state index contributed by atoms with van der Waals surface area (Å²) in [5, 5.41) is 12.6. The molecule has 0 saturated carbocycles. The van der Waals surface area contributed by atoms with Crippen molar-refractivity contribution in [3.8, 4) is 5.88 Å². The number of nitrogens with zero attached hydrogens (tertiary/aromatic N) is 2. The van der Waals surface area contributed by atoms with Gasteiger partial charge in [-0.05, 0) is 30.5 Å². The van der Waals surface area contributed by atoms with Gasteiger partial charge in [-0.15, -0.1) is 0 Å². The second kappa shape index (κ2) is 9.00. The lowest BCUT2D eigenvalue weighted by atomic mass is 9.88. The molecule has 0 aliphatic heterocycles. The van der Waals surface area contributed by atoms with Crippen LogP contribution in [0.5, 0.6) is 5.88 Å². The van der Waals surface area contributed by atoms with E-state index >= 15 is 0 Å². The van der Waals surface area contributed by atoms with Crippen molar-refractivity contribution in [1.82, 2.24) is 15.4 Å². The van der Waals surface area contributed by atoms with E-state index in [0.29, 0.717) is 22.5 Å². The highest BCUT2D eigenvalue weighted by atomic mass is 19.1. The van der Waals surface area contributed by atoms with Crippen LogP contribution in [0.2, 0.25) is 0 Å². The molecule has 0 aliphatic rings. The molecule has 30 heavy (non-hydrogen) atoms. The summed E-state index contributed by atoms with van der Waals surface area (Å²) in [6, 6.07) is 5.52. The van der Waals surface area contributed by atoms with Gasteiger partial charge >= 0.3 is 0 Å². The van der Waals surface area contributed by atoms with Crippen LogP contribution < -0.4 is 15.5 Å². The van der Waals surface area contributed by atoms with Crippen LogP contribution in [0.4, 0.5) is 20.2 Å². The van der Waals surface area contributed by atoms with Gasteiger partial charge in [-0.25, -0.2) is 19.2 Å². The molecule has 3 N–H and O–H groups in total. The normalized spacial score (nSPS) is 12.1. The Kier molecular flexibility index (Phi) is 6.41. The zero-order valence-electron chi connectivity index (χ0n) is 16.7. The maximum Gasteiger partial charge on any atom is 0.251 e. The molecule has 1 amide bonds. The summed E-state index contributed by atoms with van der Waals surface area (Å²) in [5.41, 5.74) is 2.42. The fourth-order valence-electron chi connectivity index (χ4n) is 3.29. The summed E-state index contributed by atoms with van der Waals surface area (Å²) in [5.74, 6) is -3.40. The van der Waals surface area contributed by atoms with E-state index in [9.17, 15) is 13.6 Å². The number of hydrogen-bond acceptors (Lipinski definition) is 6. The van der Waals surface area contributed by atoms with Crippen LogP contribution >= 0.6 is 0 Å². The van der Waals surface area contributed by atoms with E-state index in [0.717, 1.165) is 12.1 Å². The van der Waals surface area contributed by atoms with Crippen molar-refractivity contribution < 1.29 is 23.5 Å². The number of methoxy groups -OCH3 is 1. The standard InChI is InChI=1S/C21H22F2N4O3/c1-11(2)6-13(21(28)27-29)20-15(22)7-12(8-16(20)23)26-17-4-5-24-18-9-19(30-3)25-10-14(17)18/h4-5,7-11,13,29H,6H2,1-3H3,(H,24,26)(H,27,28). The van der Waals surface area contributed by atoms with Gasteiger partial charge in [0.2, 0.25) is 5.88 Å². The predicted octanol–water partition coefficient (Wildman–Crippen LogP) is 4.30. The summed E-state index contributed by atoms with van der Waals surface area (Å²) in [7, 11) is 1.49. The number of pyridine rings is 2. The molecule has 7 nitrogen and oxygen atoms in total. The first-order valence-electron chi connectivity index (χ1n) is 9.32. The molecule has 0 bridgehead atoms. The molecule has 158 valence electrons. The molecule has 3 aromatic rings. The van der Waals surface area contributed by atoms with Crippen LogP contribution in [0.25, 0.3) is 10.9 Å².